The molecule has 0 fully saturated rings. The lowest BCUT2D eigenvalue weighted by Crippen LogP contribution is -2.35. The van der Waals surface area contributed by atoms with Crippen LogP contribution in [0.15, 0.2) is 24.3 Å². The molecular weight excluding hydrogens is 292 g/mol. The van der Waals surface area contributed by atoms with E-state index in [1.165, 1.54) is 5.56 Å². The van der Waals surface area contributed by atoms with Gasteiger partial charge in [0.05, 0.1) is 7.11 Å². The van der Waals surface area contributed by atoms with Crippen LogP contribution in [0.2, 0.25) is 0 Å². The average molecular weight is 322 g/mol. The van der Waals surface area contributed by atoms with Crippen molar-refractivity contribution in [1.29, 1.82) is 0 Å². The van der Waals surface area contributed by atoms with Gasteiger partial charge in [-0.25, -0.2) is 4.79 Å². The molecule has 1 atom stereocenters. The molecule has 0 aliphatic heterocycles. The SMILES string of the molecule is COc1ccc(CC(C)NCCCNC(=O)OC(C)(C)C)cc1. The summed E-state index contributed by atoms with van der Waals surface area (Å²) in [7, 11) is 1.67. The van der Waals surface area contributed by atoms with Gasteiger partial charge in [-0.2, -0.15) is 0 Å². The van der Waals surface area contributed by atoms with Crippen molar-refractivity contribution < 1.29 is 14.3 Å². The van der Waals surface area contributed by atoms with Gasteiger partial charge < -0.3 is 20.1 Å². The Bertz CT molecular complexity index is 466. The molecule has 0 aliphatic carbocycles. The van der Waals surface area contributed by atoms with Crippen molar-refractivity contribution in [3.05, 3.63) is 29.8 Å². The molecule has 2 N–H and O–H groups in total. The van der Waals surface area contributed by atoms with Crippen molar-refractivity contribution in [2.24, 2.45) is 0 Å². The van der Waals surface area contributed by atoms with Gasteiger partial charge in [-0.1, -0.05) is 12.1 Å². The third kappa shape index (κ3) is 9.08. The van der Waals surface area contributed by atoms with Gasteiger partial charge in [0, 0.05) is 12.6 Å². The molecule has 0 aliphatic rings. The van der Waals surface area contributed by atoms with Crippen LogP contribution >= 0.6 is 0 Å². The first-order chi connectivity index (χ1) is 10.8. The Morgan fingerprint density at radius 1 is 1.17 bits per heavy atom. The number of rotatable bonds is 8. The first-order valence-electron chi connectivity index (χ1n) is 8.13. The molecule has 0 heterocycles. The van der Waals surface area contributed by atoms with Crippen molar-refractivity contribution in [3.63, 3.8) is 0 Å². The van der Waals surface area contributed by atoms with Crippen LogP contribution in [0.1, 0.15) is 39.7 Å². The standard InChI is InChI=1S/C18H30N2O3/c1-14(13-15-7-9-16(22-5)10-8-15)19-11-6-12-20-17(21)23-18(2,3)4/h7-10,14,19H,6,11-13H2,1-5H3,(H,20,21). The number of carbonyl (C=O) groups excluding carboxylic acids is 1. The second kappa shape index (κ2) is 9.40. The number of amides is 1. The fourth-order valence-electron chi connectivity index (χ4n) is 2.13. The number of hydrogen-bond donors (Lipinski definition) is 2. The second-order valence-corrected chi connectivity index (χ2v) is 6.69. The van der Waals surface area contributed by atoms with Crippen LogP contribution in [0.5, 0.6) is 5.75 Å². The highest BCUT2D eigenvalue weighted by atomic mass is 16.6. The van der Waals surface area contributed by atoms with Crippen LogP contribution in [0.25, 0.3) is 0 Å². The first kappa shape index (κ1) is 19.3. The molecule has 5 heteroatoms. The van der Waals surface area contributed by atoms with Gasteiger partial charge in [-0.05, 0) is 64.8 Å². The van der Waals surface area contributed by atoms with E-state index < -0.39 is 5.60 Å². The van der Waals surface area contributed by atoms with Crippen LogP contribution < -0.4 is 15.4 Å². The van der Waals surface area contributed by atoms with Crippen LogP contribution in [-0.2, 0) is 11.2 Å². The first-order valence-corrected chi connectivity index (χ1v) is 8.13. The number of ether oxygens (including phenoxy) is 2. The lowest BCUT2D eigenvalue weighted by Gasteiger charge is -2.19. The van der Waals surface area contributed by atoms with E-state index in [0.717, 1.165) is 25.1 Å². The fourth-order valence-corrected chi connectivity index (χ4v) is 2.13. The monoisotopic (exact) mass is 322 g/mol. The summed E-state index contributed by atoms with van der Waals surface area (Å²) in [5, 5.41) is 6.22. The summed E-state index contributed by atoms with van der Waals surface area (Å²) in [4.78, 5) is 11.5. The molecule has 0 spiro atoms. The minimum atomic E-state index is -0.449. The van der Waals surface area contributed by atoms with E-state index >= 15 is 0 Å². The predicted octanol–water partition coefficient (Wildman–Crippen LogP) is 3.13. The summed E-state index contributed by atoms with van der Waals surface area (Å²) in [6.45, 7) is 9.19. The number of nitrogens with one attached hydrogen (secondary N) is 2. The molecule has 5 nitrogen and oxygen atoms in total. The lowest BCUT2D eigenvalue weighted by atomic mass is 10.1. The predicted molar refractivity (Wildman–Crippen MR) is 93.0 cm³/mol. The van der Waals surface area contributed by atoms with Crippen LogP contribution in [0.4, 0.5) is 4.79 Å². The van der Waals surface area contributed by atoms with E-state index in [0.29, 0.717) is 12.6 Å². The van der Waals surface area contributed by atoms with E-state index in [2.05, 4.69) is 29.7 Å². The maximum atomic E-state index is 11.5. The number of benzene rings is 1. The van der Waals surface area contributed by atoms with Gasteiger partial charge in [-0.15, -0.1) is 0 Å². The summed E-state index contributed by atoms with van der Waals surface area (Å²) in [6, 6.07) is 8.51. The molecule has 1 unspecified atom stereocenters. The average Bonchev–Trinajstić information content (AvgIpc) is 2.46. The van der Waals surface area contributed by atoms with Gasteiger partial charge in [0.1, 0.15) is 11.4 Å². The zero-order chi connectivity index (χ0) is 17.3. The van der Waals surface area contributed by atoms with Gasteiger partial charge in [0.25, 0.3) is 0 Å². The highest BCUT2D eigenvalue weighted by molar-refractivity contribution is 5.67. The summed E-state index contributed by atoms with van der Waals surface area (Å²) >= 11 is 0. The summed E-state index contributed by atoms with van der Waals surface area (Å²) < 4.78 is 10.3. The van der Waals surface area contributed by atoms with Gasteiger partial charge in [0.2, 0.25) is 0 Å². The van der Waals surface area contributed by atoms with Gasteiger partial charge >= 0.3 is 6.09 Å². The molecular formula is C18H30N2O3. The lowest BCUT2D eigenvalue weighted by molar-refractivity contribution is 0.0527. The highest BCUT2D eigenvalue weighted by Gasteiger charge is 2.15. The Hall–Kier alpha value is -1.75. The largest absolute Gasteiger partial charge is 0.497 e. The molecule has 0 saturated heterocycles. The van der Waals surface area contributed by atoms with E-state index in [9.17, 15) is 4.79 Å². The molecule has 1 amide bonds. The topological polar surface area (TPSA) is 59.6 Å². The number of methoxy groups -OCH3 is 1. The van der Waals surface area contributed by atoms with Crippen molar-refractivity contribution in [3.8, 4) is 5.75 Å². The van der Waals surface area contributed by atoms with Crippen molar-refractivity contribution in [2.75, 3.05) is 20.2 Å². The second-order valence-electron chi connectivity index (χ2n) is 6.69. The normalized spacial score (nSPS) is 12.6. The van der Waals surface area contributed by atoms with E-state index in [1.807, 2.05) is 32.9 Å². The van der Waals surface area contributed by atoms with Gasteiger partial charge in [0.15, 0.2) is 0 Å². The summed E-state index contributed by atoms with van der Waals surface area (Å²) in [5.41, 5.74) is 0.826. The highest BCUT2D eigenvalue weighted by Crippen LogP contribution is 2.12. The fraction of sp³-hybridized carbons (Fsp3) is 0.611. The summed E-state index contributed by atoms with van der Waals surface area (Å²) in [5.74, 6) is 0.877. The van der Waals surface area contributed by atoms with E-state index in [4.69, 9.17) is 9.47 Å². The number of carbonyl (C=O) groups is 1. The molecule has 1 rings (SSSR count). The maximum absolute atomic E-state index is 11.5. The van der Waals surface area contributed by atoms with E-state index in [1.54, 1.807) is 7.11 Å². The molecule has 0 aromatic heterocycles. The molecule has 0 saturated carbocycles. The smallest absolute Gasteiger partial charge is 0.407 e. The van der Waals surface area contributed by atoms with Crippen molar-refractivity contribution >= 4 is 6.09 Å². The van der Waals surface area contributed by atoms with Crippen LogP contribution in [-0.4, -0.2) is 37.9 Å². The quantitative estimate of drug-likeness (QED) is 0.722. The Labute approximate surface area is 139 Å². The molecule has 0 bridgehead atoms. The van der Waals surface area contributed by atoms with Crippen molar-refractivity contribution in [2.45, 2.75) is 52.2 Å². The molecule has 0 radical (unpaired) electrons. The zero-order valence-corrected chi connectivity index (χ0v) is 14.9. The summed E-state index contributed by atoms with van der Waals surface area (Å²) in [6.07, 6.45) is 1.47. The third-order valence-electron chi connectivity index (χ3n) is 3.22. The van der Waals surface area contributed by atoms with E-state index in [-0.39, 0.29) is 6.09 Å². The molecule has 1 aromatic rings. The number of alkyl carbamates (subject to hydrolysis) is 1. The zero-order valence-electron chi connectivity index (χ0n) is 14.9. The van der Waals surface area contributed by atoms with Gasteiger partial charge in [-0.3, -0.25) is 0 Å². The molecule has 1 aromatic carbocycles. The maximum Gasteiger partial charge on any atom is 0.407 e. The Morgan fingerprint density at radius 3 is 2.39 bits per heavy atom. The Balaban J connectivity index is 2.14. The third-order valence-corrected chi connectivity index (χ3v) is 3.22. The van der Waals surface area contributed by atoms with Crippen LogP contribution in [0.3, 0.4) is 0 Å². The Morgan fingerprint density at radius 2 is 1.83 bits per heavy atom. The minimum absolute atomic E-state index is 0.358. The minimum Gasteiger partial charge on any atom is -0.497 e. The van der Waals surface area contributed by atoms with Crippen LogP contribution in [0, 0.1) is 0 Å². The molecule has 23 heavy (non-hydrogen) atoms. The van der Waals surface area contributed by atoms with Crippen molar-refractivity contribution in [1.82, 2.24) is 10.6 Å². The number of hydrogen-bond acceptors (Lipinski definition) is 4. The molecule has 130 valence electrons. The Kier molecular flexibility index (Phi) is 7.89.